The van der Waals surface area contributed by atoms with Crippen molar-refractivity contribution in [2.24, 2.45) is 7.05 Å². The second-order valence-electron chi connectivity index (χ2n) is 6.81. The van der Waals surface area contributed by atoms with E-state index in [0.29, 0.717) is 5.92 Å². The number of likely N-dealkylation sites (tertiary alicyclic amines) is 1. The van der Waals surface area contributed by atoms with Crippen molar-refractivity contribution in [1.82, 2.24) is 35.1 Å². The Morgan fingerprint density at radius 1 is 1.33 bits per heavy atom. The number of nitrogens with one attached hydrogen (secondary N) is 1. The van der Waals surface area contributed by atoms with Gasteiger partial charge in [-0.05, 0) is 61.4 Å². The number of rotatable bonds is 3. The molecule has 3 aromatic rings. The quantitative estimate of drug-likeness (QED) is 0.800. The predicted molar refractivity (Wildman–Crippen MR) is 91.6 cm³/mol. The van der Waals surface area contributed by atoms with E-state index in [-0.39, 0.29) is 6.04 Å². The number of aryl methyl sites for hydroxylation is 2. The molecule has 0 saturated carbocycles. The molecule has 1 aromatic carbocycles. The molecule has 24 heavy (non-hydrogen) atoms. The zero-order valence-corrected chi connectivity index (χ0v) is 14.4. The molecular formula is C17H23N7. The first-order valence-corrected chi connectivity index (χ1v) is 8.54. The van der Waals surface area contributed by atoms with E-state index >= 15 is 0 Å². The molecule has 0 radical (unpaired) electrons. The maximum Gasteiger partial charge on any atom is 0.167 e. The second-order valence-corrected chi connectivity index (χ2v) is 6.81. The largest absolute Gasteiger partial charge is 0.342 e. The zero-order valence-electron chi connectivity index (χ0n) is 14.4. The Bertz CT molecular complexity index is 850. The molecular weight excluding hydrogens is 302 g/mol. The molecule has 0 bridgehead atoms. The third-order valence-electron chi connectivity index (χ3n) is 5.07. The van der Waals surface area contributed by atoms with Crippen molar-refractivity contribution in [1.29, 1.82) is 0 Å². The van der Waals surface area contributed by atoms with Crippen LogP contribution in [0.4, 0.5) is 0 Å². The number of hydrogen-bond acceptors (Lipinski definition) is 5. The number of fused-ring (bicyclic) bond motifs is 1. The predicted octanol–water partition coefficient (Wildman–Crippen LogP) is 2.34. The average molecular weight is 325 g/mol. The highest BCUT2D eigenvalue weighted by Gasteiger charge is 2.29. The minimum Gasteiger partial charge on any atom is -0.342 e. The normalized spacial score (nSPS) is 20.5. The van der Waals surface area contributed by atoms with E-state index in [1.807, 2.05) is 7.05 Å². The maximum atomic E-state index is 4.82. The molecule has 0 aliphatic carbocycles. The van der Waals surface area contributed by atoms with Crippen molar-refractivity contribution < 1.29 is 0 Å². The molecule has 1 fully saturated rings. The van der Waals surface area contributed by atoms with Crippen LogP contribution < -0.4 is 0 Å². The van der Waals surface area contributed by atoms with Crippen LogP contribution in [0.3, 0.4) is 0 Å². The summed E-state index contributed by atoms with van der Waals surface area (Å²) in [5.41, 5.74) is 3.44. The number of aromatic amines is 1. The first-order valence-electron chi connectivity index (χ1n) is 8.54. The molecule has 1 N–H and O–H groups in total. The summed E-state index contributed by atoms with van der Waals surface area (Å²) < 4.78 is 1.76. The van der Waals surface area contributed by atoms with Crippen molar-refractivity contribution >= 4 is 11.0 Å². The van der Waals surface area contributed by atoms with E-state index < -0.39 is 0 Å². The van der Waals surface area contributed by atoms with Crippen LogP contribution >= 0.6 is 0 Å². The minimum absolute atomic E-state index is 0.208. The van der Waals surface area contributed by atoms with Crippen LogP contribution in [0.1, 0.15) is 48.9 Å². The number of hydrogen-bond donors (Lipinski definition) is 1. The van der Waals surface area contributed by atoms with Gasteiger partial charge in [-0.25, -0.2) is 9.67 Å². The lowest BCUT2D eigenvalue weighted by molar-refractivity contribution is 0.148. The van der Waals surface area contributed by atoms with Crippen LogP contribution in [0.15, 0.2) is 18.2 Å². The SMILES string of the molecule is Cc1ccc2nc([C@@H]3CCCN([C@@H](C)c4nnnn4C)C3)[nH]c2c1. The maximum absolute atomic E-state index is 4.82. The van der Waals surface area contributed by atoms with Crippen LogP contribution in [0.25, 0.3) is 11.0 Å². The van der Waals surface area contributed by atoms with Gasteiger partial charge in [-0.3, -0.25) is 4.90 Å². The number of aromatic nitrogens is 6. The fourth-order valence-corrected chi connectivity index (χ4v) is 3.67. The highest BCUT2D eigenvalue weighted by Crippen LogP contribution is 2.31. The number of benzene rings is 1. The van der Waals surface area contributed by atoms with Crippen LogP contribution in [0, 0.1) is 6.92 Å². The molecule has 0 spiro atoms. The summed E-state index contributed by atoms with van der Waals surface area (Å²) in [6.45, 7) is 6.34. The minimum atomic E-state index is 0.208. The summed E-state index contributed by atoms with van der Waals surface area (Å²) in [6.07, 6.45) is 2.33. The van der Waals surface area contributed by atoms with Gasteiger partial charge in [0.15, 0.2) is 5.82 Å². The molecule has 0 amide bonds. The smallest absolute Gasteiger partial charge is 0.167 e. The average Bonchev–Trinajstić information content (AvgIpc) is 3.20. The van der Waals surface area contributed by atoms with Crippen molar-refractivity contribution in [3.63, 3.8) is 0 Å². The standard InChI is InChI=1S/C17H23N7/c1-11-6-7-14-15(9-11)19-16(18-14)13-5-4-8-24(10-13)12(2)17-20-21-22-23(17)3/h6-7,9,12-13H,4-5,8,10H2,1-3H3,(H,18,19)/t12-,13+/m0/s1. The first-order chi connectivity index (χ1) is 11.6. The first kappa shape index (κ1) is 15.3. The third kappa shape index (κ3) is 2.69. The molecule has 3 heterocycles. The number of tetrazole rings is 1. The fraction of sp³-hybridized carbons (Fsp3) is 0.529. The van der Waals surface area contributed by atoms with Gasteiger partial charge < -0.3 is 4.98 Å². The van der Waals surface area contributed by atoms with Crippen LogP contribution in [0.5, 0.6) is 0 Å². The van der Waals surface area contributed by atoms with Crippen LogP contribution in [0.2, 0.25) is 0 Å². The third-order valence-corrected chi connectivity index (χ3v) is 5.07. The molecule has 7 nitrogen and oxygen atoms in total. The lowest BCUT2D eigenvalue weighted by Crippen LogP contribution is -2.37. The summed E-state index contributed by atoms with van der Waals surface area (Å²) in [6, 6.07) is 6.59. The Hall–Kier alpha value is -2.28. The van der Waals surface area contributed by atoms with Gasteiger partial charge in [-0.1, -0.05) is 6.07 Å². The molecule has 4 rings (SSSR count). The lowest BCUT2D eigenvalue weighted by Gasteiger charge is -2.35. The Morgan fingerprint density at radius 3 is 3.00 bits per heavy atom. The van der Waals surface area contributed by atoms with E-state index in [4.69, 9.17) is 4.98 Å². The van der Waals surface area contributed by atoms with Gasteiger partial charge in [0.05, 0.1) is 17.1 Å². The Kier molecular flexibility index (Phi) is 3.80. The van der Waals surface area contributed by atoms with E-state index in [9.17, 15) is 0 Å². The molecule has 2 aromatic heterocycles. The zero-order chi connectivity index (χ0) is 16.7. The summed E-state index contributed by atoms with van der Waals surface area (Å²) in [5, 5.41) is 11.9. The summed E-state index contributed by atoms with van der Waals surface area (Å²) in [7, 11) is 1.90. The van der Waals surface area contributed by atoms with Gasteiger partial charge in [0, 0.05) is 19.5 Å². The van der Waals surface area contributed by atoms with Crippen molar-refractivity contribution in [3.05, 3.63) is 35.4 Å². The van der Waals surface area contributed by atoms with E-state index in [1.54, 1.807) is 4.68 Å². The highest BCUT2D eigenvalue weighted by molar-refractivity contribution is 5.75. The van der Waals surface area contributed by atoms with Gasteiger partial charge in [0.1, 0.15) is 5.82 Å². The molecule has 1 aliphatic heterocycles. The molecule has 2 atom stereocenters. The monoisotopic (exact) mass is 325 g/mol. The van der Waals surface area contributed by atoms with Gasteiger partial charge in [0.25, 0.3) is 0 Å². The Labute approximate surface area is 141 Å². The van der Waals surface area contributed by atoms with E-state index in [1.165, 1.54) is 12.0 Å². The molecule has 7 heteroatoms. The van der Waals surface area contributed by atoms with Gasteiger partial charge in [0.2, 0.25) is 0 Å². The van der Waals surface area contributed by atoms with Crippen LogP contribution in [-0.2, 0) is 7.05 Å². The highest BCUT2D eigenvalue weighted by atomic mass is 15.5. The molecule has 1 aliphatic rings. The fourth-order valence-electron chi connectivity index (χ4n) is 3.67. The van der Waals surface area contributed by atoms with Crippen molar-refractivity contribution in [2.75, 3.05) is 13.1 Å². The number of nitrogens with zero attached hydrogens (tertiary/aromatic N) is 6. The van der Waals surface area contributed by atoms with Gasteiger partial charge in [-0.15, -0.1) is 5.10 Å². The topological polar surface area (TPSA) is 75.5 Å². The second kappa shape index (κ2) is 5.98. The van der Waals surface area contributed by atoms with Crippen molar-refractivity contribution in [2.45, 2.75) is 38.6 Å². The Morgan fingerprint density at radius 2 is 2.21 bits per heavy atom. The van der Waals surface area contributed by atoms with E-state index in [2.05, 4.69) is 57.5 Å². The molecule has 1 saturated heterocycles. The lowest BCUT2D eigenvalue weighted by atomic mass is 9.96. The number of imidazole rings is 1. The number of H-pyrrole nitrogens is 1. The summed E-state index contributed by atoms with van der Waals surface area (Å²) in [5.74, 6) is 2.44. The van der Waals surface area contributed by atoms with Crippen LogP contribution in [-0.4, -0.2) is 48.2 Å². The number of piperidine rings is 1. The Balaban J connectivity index is 1.56. The van der Waals surface area contributed by atoms with Gasteiger partial charge in [-0.2, -0.15) is 0 Å². The molecule has 0 unspecified atom stereocenters. The summed E-state index contributed by atoms with van der Waals surface area (Å²) >= 11 is 0. The molecule has 126 valence electrons. The van der Waals surface area contributed by atoms with Gasteiger partial charge >= 0.3 is 0 Å². The van der Waals surface area contributed by atoms with E-state index in [0.717, 1.165) is 42.2 Å². The van der Waals surface area contributed by atoms with Crippen molar-refractivity contribution in [3.8, 4) is 0 Å². The summed E-state index contributed by atoms with van der Waals surface area (Å²) in [4.78, 5) is 10.8.